The third-order valence-corrected chi connectivity index (χ3v) is 4.98. The van der Waals surface area contributed by atoms with Gasteiger partial charge in [0.05, 0.1) is 17.9 Å². The van der Waals surface area contributed by atoms with E-state index in [-0.39, 0.29) is 12.5 Å². The molecule has 0 bridgehead atoms. The molecule has 0 aliphatic carbocycles. The van der Waals surface area contributed by atoms with Gasteiger partial charge in [-0.2, -0.15) is 5.10 Å². The van der Waals surface area contributed by atoms with E-state index in [1.165, 1.54) is 12.8 Å². The zero-order chi connectivity index (χ0) is 16.1. The summed E-state index contributed by atoms with van der Waals surface area (Å²) >= 11 is 1.59. The minimum Gasteiger partial charge on any atom is -0.348 e. The van der Waals surface area contributed by atoms with Crippen LogP contribution in [-0.4, -0.2) is 33.8 Å². The van der Waals surface area contributed by atoms with Gasteiger partial charge in [0.25, 0.3) is 0 Å². The van der Waals surface area contributed by atoms with Crippen LogP contribution in [0.25, 0.3) is 0 Å². The standard InChI is InChI=1S/C16H23N5OS/c1-2-13-11-23-16(19-13)9-18-15(22)10-21-7-5-14(20-21)12-4-3-6-17-8-12/h5,7,11-12,17H,2-4,6,8-10H2,1H3,(H,18,22)/t12-/m0/s1. The van der Waals surface area contributed by atoms with Crippen molar-refractivity contribution in [2.45, 2.75) is 45.2 Å². The molecule has 1 amide bonds. The molecule has 2 aromatic heterocycles. The van der Waals surface area contributed by atoms with Crippen molar-refractivity contribution in [1.29, 1.82) is 0 Å². The van der Waals surface area contributed by atoms with Crippen LogP contribution in [0, 0.1) is 0 Å². The Kier molecular flexibility index (Phi) is 5.40. The molecule has 1 aliphatic heterocycles. The van der Waals surface area contributed by atoms with E-state index in [1.54, 1.807) is 16.0 Å². The second-order valence-corrected chi connectivity index (χ2v) is 6.79. The third kappa shape index (κ3) is 4.39. The smallest absolute Gasteiger partial charge is 0.242 e. The molecule has 7 heteroatoms. The average Bonchev–Trinajstić information content (AvgIpc) is 3.23. The van der Waals surface area contributed by atoms with Crippen molar-refractivity contribution in [1.82, 2.24) is 25.4 Å². The zero-order valence-corrected chi connectivity index (χ0v) is 14.2. The van der Waals surface area contributed by atoms with Gasteiger partial charge in [0.1, 0.15) is 11.6 Å². The fourth-order valence-electron chi connectivity index (χ4n) is 2.76. The van der Waals surface area contributed by atoms with Crippen molar-refractivity contribution in [3.8, 4) is 0 Å². The summed E-state index contributed by atoms with van der Waals surface area (Å²) in [5, 5.41) is 13.8. The Labute approximate surface area is 140 Å². The predicted molar refractivity (Wildman–Crippen MR) is 90.4 cm³/mol. The topological polar surface area (TPSA) is 71.8 Å². The van der Waals surface area contributed by atoms with Gasteiger partial charge in [-0.05, 0) is 31.9 Å². The average molecular weight is 333 g/mol. The predicted octanol–water partition coefficient (Wildman–Crippen LogP) is 1.69. The molecule has 3 heterocycles. The van der Waals surface area contributed by atoms with E-state index >= 15 is 0 Å². The number of hydrogen-bond acceptors (Lipinski definition) is 5. The molecule has 2 aromatic rings. The first-order chi connectivity index (χ1) is 11.2. The number of nitrogens with one attached hydrogen (secondary N) is 2. The first kappa shape index (κ1) is 16.1. The monoisotopic (exact) mass is 333 g/mol. The summed E-state index contributed by atoms with van der Waals surface area (Å²) in [4.78, 5) is 16.5. The van der Waals surface area contributed by atoms with Crippen molar-refractivity contribution >= 4 is 17.2 Å². The van der Waals surface area contributed by atoms with E-state index in [9.17, 15) is 4.79 Å². The summed E-state index contributed by atoms with van der Waals surface area (Å²) < 4.78 is 1.72. The third-order valence-electron chi connectivity index (χ3n) is 4.08. The molecule has 3 rings (SSSR count). The summed E-state index contributed by atoms with van der Waals surface area (Å²) in [6.07, 6.45) is 5.17. The summed E-state index contributed by atoms with van der Waals surface area (Å²) in [6, 6.07) is 2.03. The fraction of sp³-hybridized carbons (Fsp3) is 0.562. The molecule has 23 heavy (non-hydrogen) atoms. The lowest BCUT2D eigenvalue weighted by atomic mass is 9.97. The molecule has 0 unspecified atom stereocenters. The summed E-state index contributed by atoms with van der Waals surface area (Å²) in [5.41, 5.74) is 2.16. The Bertz CT molecular complexity index is 644. The highest BCUT2D eigenvalue weighted by Crippen LogP contribution is 2.21. The van der Waals surface area contributed by atoms with Gasteiger partial charge in [-0.3, -0.25) is 9.48 Å². The number of aryl methyl sites for hydroxylation is 1. The van der Waals surface area contributed by atoms with Gasteiger partial charge >= 0.3 is 0 Å². The molecule has 6 nitrogen and oxygen atoms in total. The number of carbonyl (C=O) groups excluding carboxylic acids is 1. The van der Waals surface area contributed by atoms with Gasteiger partial charge in [0, 0.05) is 24.0 Å². The van der Waals surface area contributed by atoms with Gasteiger partial charge in [-0.25, -0.2) is 4.98 Å². The number of amides is 1. The number of nitrogens with zero attached hydrogens (tertiary/aromatic N) is 3. The molecule has 0 aromatic carbocycles. The molecular weight excluding hydrogens is 310 g/mol. The van der Waals surface area contributed by atoms with Crippen LogP contribution < -0.4 is 10.6 Å². The summed E-state index contributed by atoms with van der Waals surface area (Å²) in [5.74, 6) is 0.436. The fourth-order valence-corrected chi connectivity index (χ4v) is 3.57. The quantitative estimate of drug-likeness (QED) is 0.844. The van der Waals surface area contributed by atoms with E-state index in [2.05, 4.69) is 27.6 Å². The molecule has 1 saturated heterocycles. The molecule has 1 atom stereocenters. The van der Waals surface area contributed by atoms with Gasteiger partial charge in [-0.15, -0.1) is 11.3 Å². The second-order valence-electron chi connectivity index (χ2n) is 5.84. The Hall–Kier alpha value is -1.73. The van der Waals surface area contributed by atoms with Crippen molar-refractivity contribution in [3.05, 3.63) is 34.0 Å². The minimum atomic E-state index is -0.0327. The highest BCUT2D eigenvalue weighted by molar-refractivity contribution is 7.09. The van der Waals surface area contributed by atoms with Crippen molar-refractivity contribution < 1.29 is 4.79 Å². The molecule has 0 saturated carbocycles. The van der Waals surface area contributed by atoms with Crippen LogP contribution >= 0.6 is 11.3 Å². The van der Waals surface area contributed by atoms with Crippen LogP contribution in [0.2, 0.25) is 0 Å². The lowest BCUT2D eigenvalue weighted by Crippen LogP contribution is -2.29. The van der Waals surface area contributed by atoms with E-state index < -0.39 is 0 Å². The SMILES string of the molecule is CCc1csc(CNC(=O)Cn2ccc([C@H]3CCCNC3)n2)n1. The summed E-state index contributed by atoms with van der Waals surface area (Å²) in [6.45, 7) is 4.90. The lowest BCUT2D eigenvalue weighted by molar-refractivity contribution is -0.122. The molecule has 2 N–H and O–H groups in total. The highest BCUT2D eigenvalue weighted by atomic mass is 32.1. The minimum absolute atomic E-state index is 0.0327. The molecule has 124 valence electrons. The van der Waals surface area contributed by atoms with E-state index in [0.717, 1.165) is 35.9 Å². The normalized spacial score (nSPS) is 18.0. The number of rotatable bonds is 6. The van der Waals surface area contributed by atoms with Crippen LogP contribution in [0.15, 0.2) is 17.6 Å². The largest absolute Gasteiger partial charge is 0.348 e. The molecule has 1 aliphatic rings. The summed E-state index contributed by atoms with van der Waals surface area (Å²) in [7, 11) is 0. The van der Waals surface area contributed by atoms with Crippen LogP contribution in [0.3, 0.4) is 0 Å². The second kappa shape index (κ2) is 7.70. The van der Waals surface area contributed by atoms with Crippen molar-refractivity contribution in [2.75, 3.05) is 13.1 Å². The lowest BCUT2D eigenvalue weighted by Gasteiger charge is -2.20. The Balaban J connectivity index is 1.48. The van der Waals surface area contributed by atoms with Crippen LogP contribution in [0.1, 0.15) is 42.1 Å². The van der Waals surface area contributed by atoms with Crippen molar-refractivity contribution in [3.63, 3.8) is 0 Å². The molecule has 1 fully saturated rings. The van der Waals surface area contributed by atoms with E-state index in [4.69, 9.17) is 0 Å². The van der Waals surface area contributed by atoms with E-state index in [0.29, 0.717) is 12.5 Å². The Morgan fingerprint density at radius 3 is 3.22 bits per heavy atom. The Morgan fingerprint density at radius 1 is 1.57 bits per heavy atom. The van der Waals surface area contributed by atoms with E-state index in [1.807, 2.05) is 17.6 Å². The highest BCUT2D eigenvalue weighted by Gasteiger charge is 2.17. The van der Waals surface area contributed by atoms with Gasteiger partial charge < -0.3 is 10.6 Å². The van der Waals surface area contributed by atoms with Crippen LogP contribution in [0.4, 0.5) is 0 Å². The first-order valence-electron chi connectivity index (χ1n) is 8.18. The van der Waals surface area contributed by atoms with Gasteiger partial charge in [0.15, 0.2) is 0 Å². The number of thiazole rings is 1. The maximum atomic E-state index is 12.0. The maximum absolute atomic E-state index is 12.0. The van der Waals surface area contributed by atoms with Crippen LogP contribution in [0.5, 0.6) is 0 Å². The number of aromatic nitrogens is 3. The number of hydrogen-bond donors (Lipinski definition) is 2. The number of piperidine rings is 1. The van der Waals surface area contributed by atoms with Gasteiger partial charge in [0.2, 0.25) is 5.91 Å². The molecular formula is C16H23N5OS. The molecule has 0 radical (unpaired) electrons. The molecule has 0 spiro atoms. The zero-order valence-electron chi connectivity index (χ0n) is 13.4. The van der Waals surface area contributed by atoms with Gasteiger partial charge in [-0.1, -0.05) is 6.92 Å². The maximum Gasteiger partial charge on any atom is 0.242 e. The Morgan fingerprint density at radius 2 is 2.48 bits per heavy atom. The first-order valence-corrected chi connectivity index (χ1v) is 9.06. The van der Waals surface area contributed by atoms with Crippen molar-refractivity contribution in [2.24, 2.45) is 0 Å². The van der Waals surface area contributed by atoms with Crippen LogP contribution in [-0.2, 0) is 24.3 Å². The number of carbonyl (C=O) groups is 1.